The number of carboxylic acids is 1. The average Bonchev–Trinajstić information content (AvgIpc) is 2.41. The highest BCUT2D eigenvalue weighted by atomic mass is 35.5. The van der Waals surface area contributed by atoms with Crippen molar-refractivity contribution in [3.8, 4) is 11.6 Å². The molecule has 102 valence electrons. The third-order valence-corrected chi connectivity index (χ3v) is 2.70. The van der Waals surface area contributed by atoms with Crippen LogP contribution >= 0.6 is 11.6 Å². The van der Waals surface area contributed by atoms with E-state index >= 15 is 0 Å². The predicted octanol–water partition coefficient (Wildman–Crippen LogP) is 2.32. The number of aromatic nitrogens is 1. The van der Waals surface area contributed by atoms with Gasteiger partial charge in [0.25, 0.3) is 5.91 Å². The molecular weight excluding hydrogens is 284 g/mol. The molecule has 0 saturated carbocycles. The van der Waals surface area contributed by atoms with Crippen molar-refractivity contribution in [2.75, 3.05) is 0 Å². The van der Waals surface area contributed by atoms with Crippen LogP contribution in [0.25, 0.3) is 0 Å². The van der Waals surface area contributed by atoms with Crippen LogP contribution in [-0.4, -0.2) is 22.0 Å². The van der Waals surface area contributed by atoms with Crippen LogP contribution < -0.4 is 10.5 Å². The summed E-state index contributed by atoms with van der Waals surface area (Å²) < 4.78 is 5.38. The Morgan fingerprint density at radius 2 is 1.90 bits per heavy atom. The molecule has 0 radical (unpaired) electrons. The quantitative estimate of drug-likeness (QED) is 0.900. The molecule has 0 aliphatic heterocycles. The number of primary amides is 1. The van der Waals surface area contributed by atoms with E-state index in [1.807, 2.05) is 0 Å². The third-order valence-electron chi connectivity index (χ3n) is 2.39. The monoisotopic (exact) mass is 292 g/mol. The Morgan fingerprint density at radius 1 is 1.20 bits per heavy atom. The standard InChI is InChI=1S/C13H9ClN2O4/c14-8-5-6-10(16-11(8)13(18)19)20-9-4-2-1-3-7(9)12(15)17/h1-6H,(H2,15,17)(H,18,19). The zero-order valence-electron chi connectivity index (χ0n) is 10.0. The second-order valence-electron chi connectivity index (χ2n) is 3.75. The van der Waals surface area contributed by atoms with E-state index in [9.17, 15) is 9.59 Å². The maximum absolute atomic E-state index is 11.2. The number of nitrogens with zero attached hydrogens (tertiary/aromatic N) is 1. The maximum atomic E-state index is 11.2. The summed E-state index contributed by atoms with van der Waals surface area (Å²) in [5.41, 5.74) is 5.05. The topological polar surface area (TPSA) is 103 Å². The van der Waals surface area contributed by atoms with Crippen molar-refractivity contribution < 1.29 is 19.4 Å². The lowest BCUT2D eigenvalue weighted by Gasteiger charge is -2.09. The summed E-state index contributed by atoms with van der Waals surface area (Å²) in [5.74, 6) is -1.75. The van der Waals surface area contributed by atoms with Crippen molar-refractivity contribution in [1.29, 1.82) is 0 Å². The van der Waals surface area contributed by atoms with Crippen molar-refractivity contribution in [2.45, 2.75) is 0 Å². The van der Waals surface area contributed by atoms with Crippen LogP contribution in [0.1, 0.15) is 20.8 Å². The molecule has 3 N–H and O–H groups in total. The van der Waals surface area contributed by atoms with Crippen molar-refractivity contribution >= 4 is 23.5 Å². The van der Waals surface area contributed by atoms with Crippen LogP contribution in [0.4, 0.5) is 0 Å². The smallest absolute Gasteiger partial charge is 0.356 e. The van der Waals surface area contributed by atoms with Crippen LogP contribution in [0.2, 0.25) is 5.02 Å². The number of benzene rings is 1. The van der Waals surface area contributed by atoms with Gasteiger partial charge in [-0.2, -0.15) is 0 Å². The molecule has 0 aliphatic carbocycles. The van der Waals surface area contributed by atoms with E-state index < -0.39 is 11.9 Å². The number of ether oxygens (including phenoxy) is 1. The number of carbonyl (C=O) groups excluding carboxylic acids is 1. The van der Waals surface area contributed by atoms with Crippen LogP contribution in [0.3, 0.4) is 0 Å². The predicted molar refractivity (Wildman–Crippen MR) is 71.2 cm³/mol. The minimum atomic E-state index is -1.27. The van der Waals surface area contributed by atoms with E-state index in [0.29, 0.717) is 0 Å². The fourth-order valence-electron chi connectivity index (χ4n) is 1.50. The SMILES string of the molecule is NC(=O)c1ccccc1Oc1ccc(Cl)c(C(=O)O)n1. The molecule has 0 spiro atoms. The third kappa shape index (κ3) is 2.86. The zero-order valence-corrected chi connectivity index (χ0v) is 10.8. The molecule has 2 aromatic rings. The normalized spacial score (nSPS) is 10.1. The molecule has 1 aromatic heterocycles. The van der Waals surface area contributed by atoms with Crippen molar-refractivity contribution in [3.05, 3.63) is 52.7 Å². The van der Waals surface area contributed by atoms with Crippen molar-refractivity contribution in [3.63, 3.8) is 0 Å². The Kier molecular flexibility index (Phi) is 3.86. The Morgan fingerprint density at radius 3 is 2.55 bits per heavy atom. The molecule has 1 heterocycles. The first-order valence-corrected chi connectivity index (χ1v) is 5.83. The number of rotatable bonds is 4. The number of carboxylic acid groups (broad SMARTS) is 1. The number of pyridine rings is 1. The van der Waals surface area contributed by atoms with E-state index in [-0.39, 0.29) is 27.9 Å². The largest absolute Gasteiger partial charge is 0.476 e. The summed E-state index contributed by atoms with van der Waals surface area (Å²) in [6, 6.07) is 9.04. The van der Waals surface area contributed by atoms with E-state index in [0.717, 1.165) is 0 Å². The summed E-state index contributed by atoms with van der Waals surface area (Å²) in [5, 5.41) is 8.92. The molecule has 0 fully saturated rings. The minimum Gasteiger partial charge on any atom is -0.476 e. The van der Waals surface area contributed by atoms with E-state index in [1.165, 1.54) is 24.3 Å². The van der Waals surface area contributed by atoms with Gasteiger partial charge in [-0.05, 0) is 18.2 Å². The molecule has 0 bridgehead atoms. The molecule has 0 saturated heterocycles. The molecule has 7 heteroatoms. The van der Waals surface area contributed by atoms with Crippen LogP contribution in [0.15, 0.2) is 36.4 Å². The summed E-state index contributed by atoms with van der Waals surface area (Å²) in [6.45, 7) is 0. The number of nitrogens with two attached hydrogens (primary N) is 1. The molecule has 6 nitrogen and oxygen atoms in total. The zero-order chi connectivity index (χ0) is 14.7. The molecule has 1 amide bonds. The fourth-order valence-corrected chi connectivity index (χ4v) is 1.69. The molecule has 1 aromatic carbocycles. The van der Waals surface area contributed by atoms with Gasteiger partial charge in [0.2, 0.25) is 5.88 Å². The Balaban J connectivity index is 2.38. The van der Waals surface area contributed by atoms with Gasteiger partial charge in [-0.25, -0.2) is 9.78 Å². The number of hydrogen-bond acceptors (Lipinski definition) is 4. The summed E-state index contributed by atoms with van der Waals surface area (Å²) in [4.78, 5) is 25.9. The van der Waals surface area contributed by atoms with Gasteiger partial charge in [0, 0.05) is 6.07 Å². The van der Waals surface area contributed by atoms with E-state index in [2.05, 4.69) is 4.98 Å². The highest BCUT2D eigenvalue weighted by Gasteiger charge is 2.14. The van der Waals surface area contributed by atoms with E-state index in [4.69, 9.17) is 27.2 Å². The maximum Gasteiger partial charge on any atom is 0.356 e. The van der Waals surface area contributed by atoms with Gasteiger partial charge < -0.3 is 15.6 Å². The Labute approximate surface area is 118 Å². The highest BCUT2D eigenvalue weighted by Crippen LogP contribution is 2.25. The number of aromatic carboxylic acids is 1. The van der Waals surface area contributed by atoms with Gasteiger partial charge >= 0.3 is 5.97 Å². The molecule has 2 rings (SSSR count). The minimum absolute atomic E-state index is 0.000463. The van der Waals surface area contributed by atoms with Gasteiger partial charge in [0.15, 0.2) is 5.69 Å². The molecule has 0 atom stereocenters. The van der Waals surface area contributed by atoms with Crippen molar-refractivity contribution in [1.82, 2.24) is 4.98 Å². The second kappa shape index (κ2) is 5.58. The lowest BCUT2D eigenvalue weighted by atomic mass is 10.2. The molecule has 20 heavy (non-hydrogen) atoms. The van der Waals surface area contributed by atoms with Crippen LogP contribution in [-0.2, 0) is 0 Å². The van der Waals surface area contributed by atoms with Crippen molar-refractivity contribution in [2.24, 2.45) is 5.73 Å². The Bertz CT molecular complexity index is 688. The highest BCUT2D eigenvalue weighted by molar-refractivity contribution is 6.33. The summed E-state index contributed by atoms with van der Waals surface area (Å²) in [6.07, 6.45) is 0. The molecule has 0 unspecified atom stereocenters. The first kappa shape index (κ1) is 13.8. The summed E-state index contributed by atoms with van der Waals surface area (Å²) >= 11 is 5.70. The summed E-state index contributed by atoms with van der Waals surface area (Å²) in [7, 11) is 0. The fraction of sp³-hybridized carbons (Fsp3) is 0. The number of carbonyl (C=O) groups is 2. The van der Waals surface area contributed by atoms with Gasteiger partial charge in [0.05, 0.1) is 10.6 Å². The lowest BCUT2D eigenvalue weighted by Crippen LogP contribution is -2.12. The number of hydrogen-bond donors (Lipinski definition) is 2. The molecular formula is C13H9ClN2O4. The first-order valence-electron chi connectivity index (χ1n) is 5.45. The first-order chi connectivity index (χ1) is 9.49. The number of amides is 1. The van der Waals surface area contributed by atoms with Crippen LogP contribution in [0.5, 0.6) is 11.6 Å². The second-order valence-corrected chi connectivity index (χ2v) is 4.15. The van der Waals surface area contributed by atoms with Gasteiger partial charge in [-0.15, -0.1) is 0 Å². The Hall–Kier alpha value is -2.60. The average molecular weight is 293 g/mol. The number of halogens is 1. The van der Waals surface area contributed by atoms with E-state index in [1.54, 1.807) is 12.1 Å². The number of para-hydroxylation sites is 1. The van der Waals surface area contributed by atoms with Gasteiger partial charge in [-0.3, -0.25) is 4.79 Å². The molecule has 0 aliphatic rings. The van der Waals surface area contributed by atoms with Crippen LogP contribution in [0, 0.1) is 0 Å². The lowest BCUT2D eigenvalue weighted by molar-refractivity contribution is 0.0689. The van der Waals surface area contributed by atoms with Gasteiger partial charge in [-0.1, -0.05) is 23.7 Å². The van der Waals surface area contributed by atoms with Gasteiger partial charge in [0.1, 0.15) is 5.75 Å².